The Labute approximate surface area is 235 Å². The number of benzene rings is 1. The highest BCUT2D eigenvalue weighted by Gasteiger charge is 2.27. The summed E-state index contributed by atoms with van der Waals surface area (Å²) in [6, 6.07) is 9.55. The van der Waals surface area contributed by atoms with Gasteiger partial charge in [-0.1, -0.05) is 17.7 Å². The summed E-state index contributed by atoms with van der Waals surface area (Å²) in [6.45, 7) is 1.37. The van der Waals surface area contributed by atoms with Crippen LogP contribution in [0.25, 0.3) is 11.2 Å². The molecule has 0 spiro atoms. The van der Waals surface area contributed by atoms with Gasteiger partial charge in [-0.05, 0) is 67.9 Å². The molecule has 2 aliphatic rings. The highest BCUT2D eigenvalue weighted by Crippen LogP contribution is 2.31. The van der Waals surface area contributed by atoms with Gasteiger partial charge in [0.05, 0.1) is 12.6 Å². The van der Waals surface area contributed by atoms with E-state index in [1.807, 2.05) is 4.57 Å². The molecule has 4 aromatic rings. The smallest absolute Gasteiger partial charge is 0.354 e. The van der Waals surface area contributed by atoms with E-state index in [4.69, 9.17) is 26.1 Å². The molecule has 0 bridgehead atoms. The standard InChI is InChI=1S/C29H29ClFN5O4/c30-19-4-3-18(22(31)15-19)14-25-32-11-9-27(35-25)40-20-5-1-17(2-6-20)13-26-33-23-7-8-24(29(37)38)34-28(23)36(26)16-21-10-12-39-21/h3-4,7-9,11,15,17,20-21H,1-2,5-6,10,12-14,16H2,(H,37,38)/t17-,20-,21-/m0/s1. The molecule has 6 rings (SSSR count). The van der Waals surface area contributed by atoms with Crippen molar-refractivity contribution in [2.24, 2.45) is 5.92 Å². The summed E-state index contributed by atoms with van der Waals surface area (Å²) in [5.74, 6) is 0.882. The molecule has 11 heteroatoms. The lowest BCUT2D eigenvalue weighted by Crippen LogP contribution is -2.32. The number of nitrogens with zero attached hydrogens (tertiary/aromatic N) is 5. The van der Waals surface area contributed by atoms with Gasteiger partial charge >= 0.3 is 5.97 Å². The van der Waals surface area contributed by atoms with Gasteiger partial charge in [0.1, 0.15) is 29.1 Å². The van der Waals surface area contributed by atoms with Gasteiger partial charge in [0.2, 0.25) is 5.88 Å². The molecule has 0 amide bonds. The number of carboxylic acids is 1. The SMILES string of the molecule is O=C(O)c1ccc2nc(C[C@H]3CC[C@H](Oc4ccnc(Cc5ccc(Cl)cc5F)n4)CC3)n(C[C@@H]3CCO3)c2n1. The Morgan fingerprint density at radius 1 is 1.10 bits per heavy atom. The van der Waals surface area contributed by atoms with Crippen LogP contribution in [0.4, 0.5) is 4.39 Å². The van der Waals surface area contributed by atoms with E-state index in [1.54, 1.807) is 30.5 Å². The topological polar surface area (TPSA) is 112 Å². The van der Waals surface area contributed by atoms with E-state index in [1.165, 1.54) is 12.1 Å². The second kappa shape index (κ2) is 11.5. The second-order valence-electron chi connectivity index (χ2n) is 10.5. The van der Waals surface area contributed by atoms with Crippen LogP contribution in [0, 0.1) is 11.7 Å². The van der Waals surface area contributed by atoms with Crippen LogP contribution in [0.15, 0.2) is 42.6 Å². The lowest BCUT2D eigenvalue weighted by atomic mass is 9.85. The van der Waals surface area contributed by atoms with Crippen molar-refractivity contribution in [3.05, 3.63) is 76.3 Å². The zero-order chi connectivity index (χ0) is 27.6. The number of pyridine rings is 1. The molecule has 1 saturated carbocycles. The molecule has 1 aromatic carbocycles. The lowest BCUT2D eigenvalue weighted by Gasteiger charge is -2.30. The molecule has 40 heavy (non-hydrogen) atoms. The van der Waals surface area contributed by atoms with Crippen LogP contribution >= 0.6 is 11.6 Å². The third kappa shape index (κ3) is 5.93. The molecule has 1 aliphatic carbocycles. The molecule has 1 saturated heterocycles. The number of aromatic nitrogens is 5. The molecule has 2 fully saturated rings. The third-order valence-electron chi connectivity index (χ3n) is 7.67. The lowest BCUT2D eigenvalue weighted by molar-refractivity contribution is -0.0591. The fraction of sp³-hybridized carbons (Fsp3) is 0.414. The van der Waals surface area contributed by atoms with Gasteiger partial charge in [-0.15, -0.1) is 0 Å². The predicted molar refractivity (Wildman–Crippen MR) is 145 cm³/mol. The first kappa shape index (κ1) is 26.6. The van der Waals surface area contributed by atoms with Gasteiger partial charge in [0.25, 0.3) is 0 Å². The molecule has 4 heterocycles. The maximum absolute atomic E-state index is 14.2. The van der Waals surface area contributed by atoms with Crippen molar-refractivity contribution in [2.75, 3.05) is 6.61 Å². The Morgan fingerprint density at radius 3 is 2.65 bits per heavy atom. The highest BCUT2D eigenvalue weighted by atomic mass is 35.5. The number of imidazole rings is 1. The van der Waals surface area contributed by atoms with Crippen molar-refractivity contribution in [1.29, 1.82) is 0 Å². The van der Waals surface area contributed by atoms with Gasteiger partial charge < -0.3 is 19.1 Å². The highest BCUT2D eigenvalue weighted by molar-refractivity contribution is 6.30. The van der Waals surface area contributed by atoms with Crippen LogP contribution in [0.5, 0.6) is 5.88 Å². The van der Waals surface area contributed by atoms with Crippen LogP contribution in [0.1, 0.15) is 59.8 Å². The third-order valence-corrected chi connectivity index (χ3v) is 7.90. The van der Waals surface area contributed by atoms with Crippen molar-refractivity contribution in [3.63, 3.8) is 0 Å². The Balaban J connectivity index is 1.09. The van der Waals surface area contributed by atoms with Crippen LogP contribution < -0.4 is 4.74 Å². The summed E-state index contributed by atoms with van der Waals surface area (Å²) in [5.41, 5.74) is 1.79. The minimum absolute atomic E-state index is 0.0126. The van der Waals surface area contributed by atoms with Gasteiger partial charge in [-0.3, -0.25) is 0 Å². The number of fused-ring (bicyclic) bond motifs is 1. The van der Waals surface area contributed by atoms with E-state index in [-0.39, 0.29) is 30.1 Å². The fourth-order valence-corrected chi connectivity index (χ4v) is 5.56. The predicted octanol–water partition coefficient (Wildman–Crippen LogP) is 5.27. The number of carboxylic acid groups (broad SMARTS) is 1. The Morgan fingerprint density at radius 2 is 1.93 bits per heavy atom. The van der Waals surface area contributed by atoms with Gasteiger partial charge in [0, 0.05) is 36.7 Å². The van der Waals surface area contributed by atoms with Crippen LogP contribution in [-0.2, 0) is 24.1 Å². The quantitative estimate of drug-likeness (QED) is 0.292. The van der Waals surface area contributed by atoms with E-state index in [9.17, 15) is 14.3 Å². The van der Waals surface area contributed by atoms with E-state index >= 15 is 0 Å². The van der Waals surface area contributed by atoms with Crippen LogP contribution in [0.2, 0.25) is 5.02 Å². The fourth-order valence-electron chi connectivity index (χ4n) is 5.40. The minimum Gasteiger partial charge on any atom is -0.477 e. The van der Waals surface area contributed by atoms with Gasteiger partial charge in [-0.2, -0.15) is 4.98 Å². The first-order chi connectivity index (χ1) is 19.4. The molecule has 3 aromatic heterocycles. The van der Waals surface area contributed by atoms with Crippen molar-refractivity contribution in [3.8, 4) is 5.88 Å². The van der Waals surface area contributed by atoms with Crippen molar-refractivity contribution in [2.45, 2.75) is 63.7 Å². The molecule has 208 valence electrons. The summed E-state index contributed by atoms with van der Waals surface area (Å²) in [4.78, 5) is 29.5. The van der Waals surface area contributed by atoms with Crippen molar-refractivity contribution < 1.29 is 23.8 Å². The summed E-state index contributed by atoms with van der Waals surface area (Å²) in [7, 11) is 0. The first-order valence-electron chi connectivity index (χ1n) is 13.5. The van der Waals surface area contributed by atoms with Crippen molar-refractivity contribution >= 4 is 28.7 Å². The largest absolute Gasteiger partial charge is 0.477 e. The Hall–Kier alpha value is -3.63. The number of hydrogen-bond acceptors (Lipinski definition) is 7. The Bertz CT molecular complexity index is 1530. The van der Waals surface area contributed by atoms with Crippen molar-refractivity contribution in [1.82, 2.24) is 24.5 Å². The molecular formula is C29H29ClFN5O4. The molecule has 0 unspecified atom stereocenters. The molecule has 9 nitrogen and oxygen atoms in total. The maximum atomic E-state index is 14.2. The molecule has 1 N–H and O–H groups in total. The summed E-state index contributed by atoms with van der Waals surface area (Å²) >= 11 is 5.86. The summed E-state index contributed by atoms with van der Waals surface area (Å²) in [6.07, 6.45) is 7.47. The number of carbonyl (C=O) groups is 1. The van der Waals surface area contributed by atoms with Crippen LogP contribution in [0.3, 0.4) is 0 Å². The van der Waals surface area contributed by atoms with E-state index in [0.717, 1.165) is 51.0 Å². The molecule has 1 atom stereocenters. The molecule has 0 radical (unpaired) electrons. The number of hydrogen-bond donors (Lipinski definition) is 1. The Kier molecular flexibility index (Phi) is 7.62. The average molecular weight is 566 g/mol. The maximum Gasteiger partial charge on any atom is 0.354 e. The molecular weight excluding hydrogens is 537 g/mol. The second-order valence-corrected chi connectivity index (χ2v) is 10.9. The van der Waals surface area contributed by atoms with Gasteiger partial charge in [-0.25, -0.2) is 24.1 Å². The monoisotopic (exact) mass is 565 g/mol. The summed E-state index contributed by atoms with van der Waals surface area (Å²) in [5, 5.41) is 9.77. The normalized spacial score (nSPS) is 20.8. The number of aromatic carboxylic acids is 1. The van der Waals surface area contributed by atoms with E-state index < -0.39 is 5.97 Å². The number of halogens is 2. The first-order valence-corrected chi connectivity index (χ1v) is 13.9. The zero-order valence-electron chi connectivity index (χ0n) is 21.8. The number of rotatable bonds is 9. The zero-order valence-corrected chi connectivity index (χ0v) is 22.6. The number of ether oxygens (including phenoxy) is 2. The average Bonchev–Trinajstić information content (AvgIpc) is 3.25. The summed E-state index contributed by atoms with van der Waals surface area (Å²) < 4.78 is 28.1. The minimum atomic E-state index is -1.05. The van der Waals surface area contributed by atoms with Crippen LogP contribution in [-0.4, -0.2) is 54.4 Å². The van der Waals surface area contributed by atoms with E-state index in [2.05, 4.69) is 15.0 Å². The van der Waals surface area contributed by atoms with Gasteiger partial charge in [0.15, 0.2) is 11.3 Å². The van der Waals surface area contributed by atoms with E-state index in [0.29, 0.717) is 45.9 Å². The molecule has 1 aliphatic heterocycles.